The Bertz CT molecular complexity index is 386. The van der Waals surface area contributed by atoms with Gasteiger partial charge < -0.3 is 20.7 Å². The van der Waals surface area contributed by atoms with Crippen LogP contribution in [0.3, 0.4) is 0 Å². The molecule has 98 valence electrons. The van der Waals surface area contributed by atoms with E-state index >= 15 is 0 Å². The Balaban J connectivity index is 1.98. The van der Waals surface area contributed by atoms with E-state index in [1.54, 1.807) is 0 Å². The number of nitrogens with zero attached hydrogens (tertiary/aromatic N) is 1. The normalized spacial score (nSPS) is 15.5. The van der Waals surface area contributed by atoms with Gasteiger partial charge in [0.15, 0.2) is 0 Å². The van der Waals surface area contributed by atoms with E-state index in [0.29, 0.717) is 18.7 Å². The molecule has 0 bridgehead atoms. The second-order valence-electron chi connectivity index (χ2n) is 4.19. The van der Waals surface area contributed by atoms with Crippen LogP contribution in [-0.2, 0) is 4.74 Å². The monoisotopic (exact) mass is 249 g/mol. The van der Waals surface area contributed by atoms with E-state index < -0.39 is 0 Å². The van der Waals surface area contributed by atoms with Crippen LogP contribution in [0.25, 0.3) is 0 Å². The van der Waals surface area contributed by atoms with Gasteiger partial charge in [0.05, 0.1) is 13.2 Å². The lowest BCUT2D eigenvalue weighted by Crippen LogP contribution is -2.36. The van der Waals surface area contributed by atoms with E-state index in [1.807, 2.05) is 24.3 Å². The number of benzene rings is 1. The summed E-state index contributed by atoms with van der Waals surface area (Å²) < 4.78 is 5.31. The molecule has 0 radical (unpaired) electrons. The van der Waals surface area contributed by atoms with Crippen LogP contribution in [0.4, 0.5) is 5.69 Å². The molecule has 0 aromatic heterocycles. The number of carbonyl (C=O) groups is 1. The Morgan fingerprint density at radius 2 is 1.94 bits per heavy atom. The fourth-order valence-electron chi connectivity index (χ4n) is 1.93. The van der Waals surface area contributed by atoms with E-state index in [2.05, 4.69) is 10.2 Å². The minimum atomic E-state index is -0.0750. The van der Waals surface area contributed by atoms with E-state index in [0.717, 1.165) is 32.0 Å². The molecule has 5 heteroatoms. The Morgan fingerprint density at radius 1 is 1.28 bits per heavy atom. The first-order chi connectivity index (χ1) is 8.81. The Morgan fingerprint density at radius 3 is 2.56 bits per heavy atom. The van der Waals surface area contributed by atoms with Crippen LogP contribution < -0.4 is 16.0 Å². The maximum absolute atomic E-state index is 11.7. The molecule has 1 aromatic carbocycles. The third kappa shape index (κ3) is 3.21. The lowest BCUT2D eigenvalue weighted by atomic mass is 10.1. The van der Waals surface area contributed by atoms with Crippen molar-refractivity contribution in [3.8, 4) is 0 Å². The third-order valence-corrected chi connectivity index (χ3v) is 2.94. The Kier molecular flexibility index (Phi) is 4.55. The predicted molar refractivity (Wildman–Crippen MR) is 70.9 cm³/mol. The van der Waals surface area contributed by atoms with Crippen LogP contribution in [0.2, 0.25) is 0 Å². The summed E-state index contributed by atoms with van der Waals surface area (Å²) in [5.41, 5.74) is 7.14. The molecular weight excluding hydrogens is 230 g/mol. The number of ether oxygens (including phenoxy) is 1. The first-order valence-electron chi connectivity index (χ1n) is 6.22. The van der Waals surface area contributed by atoms with E-state index in [4.69, 9.17) is 10.5 Å². The molecule has 1 fully saturated rings. The van der Waals surface area contributed by atoms with Gasteiger partial charge in [0, 0.05) is 37.4 Å². The van der Waals surface area contributed by atoms with Gasteiger partial charge in [0.1, 0.15) is 0 Å². The standard InChI is InChI=1S/C13H19N3O2/c14-5-6-15-13(17)11-1-3-12(4-2-11)16-7-9-18-10-8-16/h1-4H,5-10,14H2,(H,15,17). The minimum absolute atomic E-state index is 0.0750. The molecule has 1 heterocycles. The van der Waals surface area contributed by atoms with Crippen molar-refractivity contribution in [2.75, 3.05) is 44.3 Å². The minimum Gasteiger partial charge on any atom is -0.378 e. The molecule has 0 saturated carbocycles. The Hall–Kier alpha value is -1.59. The molecule has 2 rings (SSSR count). The van der Waals surface area contributed by atoms with Crippen molar-refractivity contribution >= 4 is 11.6 Å². The van der Waals surface area contributed by atoms with Crippen molar-refractivity contribution in [2.45, 2.75) is 0 Å². The van der Waals surface area contributed by atoms with Crippen LogP contribution >= 0.6 is 0 Å². The van der Waals surface area contributed by atoms with Crippen molar-refractivity contribution in [3.63, 3.8) is 0 Å². The highest BCUT2D eigenvalue weighted by atomic mass is 16.5. The first-order valence-corrected chi connectivity index (χ1v) is 6.22. The average molecular weight is 249 g/mol. The van der Waals surface area contributed by atoms with Crippen LogP contribution in [0.15, 0.2) is 24.3 Å². The molecule has 0 spiro atoms. The summed E-state index contributed by atoms with van der Waals surface area (Å²) in [7, 11) is 0. The summed E-state index contributed by atoms with van der Waals surface area (Å²) >= 11 is 0. The quantitative estimate of drug-likeness (QED) is 0.800. The number of nitrogens with two attached hydrogens (primary N) is 1. The molecule has 1 aromatic rings. The summed E-state index contributed by atoms with van der Waals surface area (Å²) in [6.07, 6.45) is 0. The van der Waals surface area contributed by atoms with Crippen LogP contribution in [0, 0.1) is 0 Å². The molecule has 0 aliphatic carbocycles. The van der Waals surface area contributed by atoms with E-state index in [9.17, 15) is 4.79 Å². The average Bonchev–Trinajstić information content (AvgIpc) is 2.46. The zero-order chi connectivity index (χ0) is 12.8. The number of hydrogen-bond acceptors (Lipinski definition) is 4. The molecule has 1 aliphatic rings. The maximum Gasteiger partial charge on any atom is 0.251 e. The van der Waals surface area contributed by atoms with Crippen molar-refractivity contribution in [1.29, 1.82) is 0 Å². The van der Waals surface area contributed by atoms with E-state index in [-0.39, 0.29) is 5.91 Å². The van der Waals surface area contributed by atoms with Gasteiger partial charge in [-0.25, -0.2) is 0 Å². The number of rotatable bonds is 4. The molecule has 0 unspecified atom stereocenters. The highest BCUT2D eigenvalue weighted by Crippen LogP contribution is 2.16. The van der Waals surface area contributed by atoms with Gasteiger partial charge in [0.2, 0.25) is 0 Å². The van der Waals surface area contributed by atoms with Crippen LogP contribution in [-0.4, -0.2) is 45.3 Å². The lowest BCUT2D eigenvalue weighted by Gasteiger charge is -2.28. The largest absolute Gasteiger partial charge is 0.378 e. The summed E-state index contributed by atoms with van der Waals surface area (Å²) in [6, 6.07) is 7.64. The van der Waals surface area contributed by atoms with Crippen molar-refractivity contribution in [2.24, 2.45) is 5.73 Å². The molecule has 1 aliphatic heterocycles. The molecule has 1 saturated heterocycles. The molecule has 3 N–H and O–H groups in total. The van der Waals surface area contributed by atoms with Gasteiger partial charge >= 0.3 is 0 Å². The highest BCUT2D eigenvalue weighted by molar-refractivity contribution is 5.94. The first kappa shape index (κ1) is 12.9. The molecule has 5 nitrogen and oxygen atoms in total. The SMILES string of the molecule is NCCNC(=O)c1ccc(N2CCOCC2)cc1. The number of nitrogens with one attached hydrogen (secondary N) is 1. The molecular formula is C13H19N3O2. The van der Waals surface area contributed by atoms with Crippen molar-refractivity contribution in [1.82, 2.24) is 5.32 Å². The van der Waals surface area contributed by atoms with Gasteiger partial charge in [-0.05, 0) is 24.3 Å². The lowest BCUT2D eigenvalue weighted by molar-refractivity contribution is 0.0954. The number of morpholine rings is 1. The number of hydrogen-bond donors (Lipinski definition) is 2. The molecule has 1 amide bonds. The number of anilines is 1. The number of carbonyl (C=O) groups excluding carboxylic acids is 1. The summed E-state index contributed by atoms with van der Waals surface area (Å²) in [6.45, 7) is 4.29. The summed E-state index contributed by atoms with van der Waals surface area (Å²) in [5.74, 6) is -0.0750. The van der Waals surface area contributed by atoms with Gasteiger partial charge in [-0.3, -0.25) is 4.79 Å². The van der Waals surface area contributed by atoms with Gasteiger partial charge in [-0.2, -0.15) is 0 Å². The van der Waals surface area contributed by atoms with Crippen molar-refractivity contribution in [3.05, 3.63) is 29.8 Å². The van der Waals surface area contributed by atoms with Gasteiger partial charge in [0.25, 0.3) is 5.91 Å². The van der Waals surface area contributed by atoms with Crippen molar-refractivity contribution < 1.29 is 9.53 Å². The van der Waals surface area contributed by atoms with Gasteiger partial charge in [-0.15, -0.1) is 0 Å². The fraction of sp³-hybridized carbons (Fsp3) is 0.462. The predicted octanol–water partition coefficient (Wildman–Crippen LogP) is 0.212. The highest BCUT2D eigenvalue weighted by Gasteiger charge is 2.11. The Labute approximate surface area is 107 Å². The van der Waals surface area contributed by atoms with Crippen LogP contribution in [0.5, 0.6) is 0 Å². The second kappa shape index (κ2) is 6.37. The fourth-order valence-corrected chi connectivity index (χ4v) is 1.93. The smallest absolute Gasteiger partial charge is 0.251 e. The summed E-state index contributed by atoms with van der Waals surface area (Å²) in [4.78, 5) is 13.9. The summed E-state index contributed by atoms with van der Waals surface area (Å²) in [5, 5.41) is 2.75. The zero-order valence-electron chi connectivity index (χ0n) is 10.4. The number of amides is 1. The maximum atomic E-state index is 11.7. The molecule has 18 heavy (non-hydrogen) atoms. The molecule has 0 atom stereocenters. The van der Waals surface area contributed by atoms with E-state index in [1.165, 1.54) is 0 Å². The zero-order valence-corrected chi connectivity index (χ0v) is 10.4. The van der Waals surface area contributed by atoms with Gasteiger partial charge in [-0.1, -0.05) is 0 Å². The second-order valence-corrected chi connectivity index (χ2v) is 4.19. The third-order valence-electron chi connectivity index (χ3n) is 2.94. The topological polar surface area (TPSA) is 67.6 Å². The van der Waals surface area contributed by atoms with Crippen LogP contribution in [0.1, 0.15) is 10.4 Å².